The smallest absolute Gasteiger partial charge is 0.126 e. The maximum Gasteiger partial charge on any atom is 0.126 e. The summed E-state index contributed by atoms with van der Waals surface area (Å²) >= 11 is 5.79. The van der Waals surface area contributed by atoms with Crippen molar-refractivity contribution in [2.75, 3.05) is 6.54 Å². The van der Waals surface area contributed by atoms with E-state index in [9.17, 15) is 8.78 Å². The Hall–Kier alpha value is -0.670. The fourth-order valence-electron chi connectivity index (χ4n) is 1.45. The minimum absolute atomic E-state index is 0.174. The molecule has 0 amide bonds. The molecule has 1 rings (SSSR count). The normalized spacial score (nSPS) is 12.8. The van der Waals surface area contributed by atoms with Crippen molar-refractivity contribution in [3.8, 4) is 0 Å². The predicted octanol–water partition coefficient (Wildman–Crippen LogP) is 3.46. The molecule has 0 spiro atoms. The minimum atomic E-state index is -0.536. The minimum Gasteiger partial charge on any atom is -0.313 e. The van der Waals surface area contributed by atoms with Crippen LogP contribution in [-0.2, 0) is 6.54 Å². The van der Waals surface area contributed by atoms with Gasteiger partial charge in [-0.15, -0.1) is 11.6 Å². The molecule has 0 radical (unpaired) electrons. The van der Waals surface area contributed by atoms with E-state index in [0.29, 0.717) is 12.1 Å². The maximum absolute atomic E-state index is 12.8. The molecule has 90 valence electrons. The van der Waals surface area contributed by atoms with Gasteiger partial charge in [0.15, 0.2) is 0 Å². The van der Waals surface area contributed by atoms with Gasteiger partial charge in [-0.3, -0.25) is 0 Å². The molecule has 16 heavy (non-hydrogen) atoms. The fraction of sp³-hybridized carbons (Fsp3) is 0.500. The average Bonchev–Trinajstić information content (AvgIpc) is 2.15. The Bertz CT molecular complexity index is 309. The highest BCUT2D eigenvalue weighted by atomic mass is 35.5. The molecule has 1 nitrogen and oxygen atoms in total. The van der Waals surface area contributed by atoms with Crippen LogP contribution >= 0.6 is 11.6 Å². The van der Waals surface area contributed by atoms with Gasteiger partial charge < -0.3 is 5.32 Å². The van der Waals surface area contributed by atoms with Crippen LogP contribution in [0.25, 0.3) is 0 Å². The summed E-state index contributed by atoms with van der Waals surface area (Å²) in [6, 6.07) is 3.54. The van der Waals surface area contributed by atoms with E-state index < -0.39 is 11.6 Å². The monoisotopic (exact) mass is 247 g/mol. The van der Waals surface area contributed by atoms with Gasteiger partial charge >= 0.3 is 0 Å². The van der Waals surface area contributed by atoms with Crippen LogP contribution in [0, 0.1) is 11.6 Å². The van der Waals surface area contributed by atoms with Gasteiger partial charge in [0.25, 0.3) is 0 Å². The van der Waals surface area contributed by atoms with E-state index in [2.05, 4.69) is 5.32 Å². The summed E-state index contributed by atoms with van der Waals surface area (Å²) in [6.45, 7) is 3.23. The number of benzene rings is 1. The Morgan fingerprint density at radius 3 is 2.44 bits per heavy atom. The van der Waals surface area contributed by atoms with Crippen LogP contribution in [-0.4, -0.2) is 11.9 Å². The van der Waals surface area contributed by atoms with Crippen LogP contribution in [0.2, 0.25) is 0 Å². The highest BCUT2D eigenvalue weighted by molar-refractivity contribution is 6.20. The lowest BCUT2D eigenvalue weighted by Crippen LogP contribution is -2.15. The van der Waals surface area contributed by atoms with Crippen molar-refractivity contribution in [1.82, 2.24) is 5.32 Å². The number of nitrogens with one attached hydrogen (secondary N) is 1. The Kier molecular flexibility index (Phi) is 5.71. The Morgan fingerprint density at radius 2 is 1.88 bits per heavy atom. The molecule has 4 heteroatoms. The van der Waals surface area contributed by atoms with Crippen molar-refractivity contribution in [3.05, 3.63) is 35.4 Å². The molecule has 0 saturated carbocycles. The van der Waals surface area contributed by atoms with Crippen LogP contribution in [0.15, 0.2) is 18.2 Å². The summed E-state index contributed by atoms with van der Waals surface area (Å²) in [6.07, 6.45) is 1.90. The molecule has 1 aromatic carbocycles. The summed E-state index contributed by atoms with van der Waals surface area (Å²) in [5, 5.41) is 3.29. The maximum atomic E-state index is 12.8. The van der Waals surface area contributed by atoms with Crippen LogP contribution < -0.4 is 5.32 Å². The van der Waals surface area contributed by atoms with Crippen molar-refractivity contribution < 1.29 is 8.78 Å². The molecule has 1 atom stereocenters. The number of halogens is 3. The van der Waals surface area contributed by atoms with Crippen molar-refractivity contribution in [2.24, 2.45) is 0 Å². The van der Waals surface area contributed by atoms with E-state index >= 15 is 0 Å². The van der Waals surface area contributed by atoms with Gasteiger partial charge in [0.05, 0.1) is 0 Å². The van der Waals surface area contributed by atoms with Gasteiger partial charge in [-0.25, -0.2) is 8.78 Å². The SMILES string of the molecule is CC(Cl)CCCNCc1cc(F)cc(F)c1. The van der Waals surface area contributed by atoms with Gasteiger partial charge in [0.1, 0.15) is 11.6 Å². The van der Waals surface area contributed by atoms with Crippen LogP contribution in [0.3, 0.4) is 0 Å². The van der Waals surface area contributed by atoms with Crippen LogP contribution in [0.5, 0.6) is 0 Å². The third-order valence-corrected chi connectivity index (χ3v) is 2.43. The molecular formula is C12H16ClF2N. The topological polar surface area (TPSA) is 12.0 Å². The first kappa shape index (κ1) is 13.4. The molecule has 1 aromatic rings. The zero-order chi connectivity index (χ0) is 12.0. The highest BCUT2D eigenvalue weighted by Crippen LogP contribution is 2.08. The molecule has 0 fully saturated rings. The fourth-order valence-corrected chi connectivity index (χ4v) is 1.61. The van der Waals surface area contributed by atoms with Gasteiger partial charge in [-0.2, -0.15) is 0 Å². The van der Waals surface area contributed by atoms with E-state index in [-0.39, 0.29) is 5.38 Å². The molecule has 0 aliphatic heterocycles. The van der Waals surface area contributed by atoms with E-state index in [4.69, 9.17) is 11.6 Å². The molecule has 1 N–H and O–H groups in total. The average molecular weight is 248 g/mol. The van der Waals surface area contributed by atoms with E-state index in [1.165, 1.54) is 12.1 Å². The zero-order valence-electron chi connectivity index (χ0n) is 9.27. The summed E-state index contributed by atoms with van der Waals surface area (Å²) in [4.78, 5) is 0. The van der Waals surface area contributed by atoms with Crippen LogP contribution in [0.1, 0.15) is 25.3 Å². The lowest BCUT2D eigenvalue weighted by atomic mass is 10.2. The number of hydrogen-bond acceptors (Lipinski definition) is 1. The largest absolute Gasteiger partial charge is 0.313 e. The summed E-state index contributed by atoms with van der Waals surface area (Å²) < 4.78 is 25.6. The lowest BCUT2D eigenvalue weighted by molar-refractivity contribution is 0.571. The van der Waals surface area contributed by atoms with E-state index in [1.54, 1.807) is 0 Å². The van der Waals surface area contributed by atoms with Gasteiger partial charge in [-0.1, -0.05) is 0 Å². The van der Waals surface area contributed by atoms with Gasteiger partial charge in [-0.05, 0) is 44.0 Å². The van der Waals surface area contributed by atoms with Crippen molar-refractivity contribution in [1.29, 1.82) is 0 Å². The summed E-state index contributed by atoms with van der Waals surface area (Å²) in [5.41, 5.74) is 0.622. The second kappa shape index (κ2) is 6.81. The molecule has 0 saturated heterocycles. The zero-order valence-corrected chi connectivity index (χ0v) is 10.0. The van der Waals surface area contributed by atoms with Gasteiger partial charge in [0, 0.05) is 18.0 Å². The molecular weight excluding hydrogens is 232 g/mol. The second-order valence-electron chi connectivity index (χ2n) is 3.88. The molecule has 1 unspecified atom stereocenters. The predicted molar refractivity (Wildman–Crippen MR) is 62.6 cm³/mol. The molecule has 0 aromatic heterocycles. The molecule has 0 aliphatic rings. The van der Waals surface area contributed by atoms with Crippen LogP contribution in [0.4, 0.5) is 8.78 Å². The highest BCUT2D eigenvalue weighted by Gasteiger charge is 2.00. The third-order valence-electron chi connectivity index (χ3n) is 2.21. The lowest BCUT2D eigenvalue weighted by Gasteiger charge is -2.06. The van der Waals surface area contributed by atoms with Gasteiger partial charge in [0.2, 0.25) is 0 Å². The first-order valence-corrected chi connectivity index (χ1v) is 5.81. The van der Waals surface area contributed by atoms with E-state index in [0.717, 1.165) is 25.5 Å². The van der Waals surface area contributed by atoms with Crippen molar-refractivity contribution in [2.45, 2.75) is 31.7 Å². The van der Waals surface area contributed by atoms with E-state index in [1.807, 2.05) is 6.92 Å². The number of hydrogen-bond donors (Lipinski definition) is 1. The Balaban J connectivity index is 2.26. The van der Waals surface area contributed by atoms with Crippen molar-refractivity contribution in [3.63, 3.8) is 0 Å². The summed E-state index contributed by atoms with van der Waals surface area (Å²) in [7, 11) is 0. The molecule has 0 bridgehead atoms. The Labute approximate surface area is 99.8 Å². The Morgan fingerprint density at radius 1 is 1.25 bits per heavy atom. The quantitative estimate of drug-likeness (QED) is 0.600. The number of alkyl halides is 1. The first-order valence-electron chi connectivity index (χ1n) is 5.37. The second-order valence-corrected chi connectivity index (χ2v) is 4.62. The summed E-state index contributed by atoms with van der Waals surface area (Å²) in [5.74, 6) is -1.07. The number of rotatable bonds is 6. The van der Waals surface area contributed by atoms with Crippen molar-refractivity contribution >= 4 is 11.6 Å². The molecule has 0 aliphatic carbocycles. The third kappa shape index (κ3) is 5.42. The first-order chi connectivity index (χ1) is 7.58. The standard InChI is InChI=1S/C12H16ClF2N/c1-9(13)3-2-4-16-8-10-5-11(14)7-12(15)6-10/h5-7,9,16H,2-4,8H2,1H3. The molecule has 0 heterocycles.